The molecule has 0 bridgehead atoms. The molecule has 0 aliphatic heterocycles. The van der Waals surface area contributed by atoms with Crippen LogP contribution in [0.2, 0.25) is 5.15 Å². The number of aromatic nitrogens is 1. The van der Waals surface area contributed by atoms with Gasteiger partial charge in [0.15, 0.2) is 9.84 Å². The van der Waals surface area contributed by atoms with E-state index >= 15 is 0 Å². The molecule has 2 N–H and O–H groups in total. The van der Waals surface area contributed by atoms with E-state index in [1.54, 1.807) is 18.2 Å². The van der Waals surface area contributed by atoms with Gasteiger partial charge in [0.1, 0.15) is 10.9 Å². The molecule has 1 aliphatic rings. The predicted octanol–water partition coefficient (Wildman–Crippen LogP) is 2.45. The summed E-state index contributed by atoms with van der Waals surface area (Å²) in [6.07, 6.45) is 2.76. The number of ether oxygens (including phenoxy) is 1. The summed E-state index contributed by atoms with van der Waals surface area (Å²) in [5, 5.41) is 0.0000271. The number of benzene rings is 1. The summed E-state index contributed by atoms with van der Waals surface area (Å²) in [6.45, 7) is 1.52. The molecule has 6 nitrogen and oxygen atoms in total. The highest BCUT2D eigenvalue weighted by Gasteiger charge is 2.39. The fourth-order valence-electron chi connectivity index (χ4n) is 2.44. The highest BCUT2D eigenvalue weighted by atomic mass is 35.5. The van der Waals surface area contributed by atoms with Crippen LogP contribution < -0.4 is 10.5 Å². The average Bonchev–Trinajstić information content (AvgIpc) is 3.42. The van der Waals surface area contributed by atoms with Gasteiger partial charge in [-0.25, -0.2) is 13.4 Å². The maximum Gasteiger partial charge on any atom is 0.266 e. The topological polar surface area (TPSA) is 99.3 Å². The maximum atomic E-state index is 12.3. The van der Waals surface area contributed by atoms with E-state index in [-0.39, 0.29) is 10.1 Å². The minimum atomic E-state index is -3.29. The lowest BCUT2D eigenvalue weighted by Gasteiger charge is -2.28. The van der Waals surface area contributed by atoms with Crippen molar-refractivity contribution in [2.45, 2.75) is 35.5 Å². The molecule has 1 aromatic carbocycles. The summed E-state index contributed by atoms with van der Waals surface area (Å²) in [7, 11) is -3.29. The van der Waals surface area contributed by atoms with Crippen LogP contribution in [0, 0.1) is 0 Å². The quantitative estimate of drug-likeness (QED) is 0.776. The molecule has 0 radical (unpaired) electrons. The number of carbonyl (C=O) groups excluding carboxylic acids is 1. The fourth-order valence-corrected chi connectivity index (χ4v) is 4.21. The largest absolute Gasteiger partial charge is 0.471 e. The molecule has 0 spiro atoms. The van der Waals surface area contributed by atoms with Gasteiger partial charge in [0.2, 0.25) is 5.60 Å². The zero-order valence-electron chi connectivity index (χ0n) is 13.5. The van der Waals surface area contributed by atoms with Crippen LogP contribution in [-0.4, -0.2) is 24.6 Å². The van der Waals surface area contributed by atoms with Crippen molar-refractivity contribution in [3.05, 3.63) is 53.3 Å². The lowest BCUT2D eigenvalue weighted by molar-refractivity contribution is -0.132. The molecule has 2 aromatic rings. The van der Waals surface area contributed by atoms with E-state index in [0.717, 1.165) is 0 Å². The van der Waals surface area contributed by atoms with Gasteiger partial charge in [-0.1, -0.05) is 23.7 Å². The average molecular weight is 381 g/mol. The number of nitrogens with zero attached hydrogens (tertiary/aromatic N) is 1. The lowest BCUT2D eigenvalue weighted by Crippen LogP contribution is -2.43. The zero-order chi connectivity index (χ0) is 18.2. The van der Waals surface area contributed by atoms with E-state index in [9.17, 15) is 13.2 Å². The van der Waals surface area contributed by atoms with Crippen LogP contribution in [0.1, 0.15) is 25.3 Å². The molecule has 1 aromatic heterocycles. The van der Waals surface area contributed by atoms with E-state index in [2.05, 4.69) is 4.98 Å². The van der Waals surface area contributed by atoms with Crippen LogP contribution in [0.3, 0.4) is 0 Å². The molecule has 1 heterocycles. The first-order chi connectivity index (χ1) is 11.7. The van der Waals surface area contributed by atoms with Crippen molar-refractivity contribution >= 4 is 27.3 Å². The Morgan fingerprint density at radius 2 is 1.88 bits per heavy atom. The second kappa shape index (κ2) is 6.31. The lowest BCUT2D eigenvalue weighted by atomic mass is 9.95. The van der Waals surface area contributed by atoms with Crippen molar-refractivity contribution in [2.24, 2.45) is 5.73 Å². The molecule has 3 rings (SSSR count). The number of carbonyl (C=O) groups is 1. The molecule has 1 unspecified atom stereocenters. The second-order valence-corrected chi connectivity index (χ2v) is 8.70. The molecule has 1 atom stereocenters. The van der Waals surface area contributed by atoms with Gasteiger partial charge in [0.05, 0.1) is 16.3 Å². The van der Waals surface area contributed by atoms with E-state index in [0.29, 0.717) is 29.3 Å². The summed E-state index contributed by atoms with van der Waals surface area (Å²) in [4.78, 5) is 16.2. The number of hydrogen-bond donors (Lipinski definition) is 1. The van der Waals surface area contributed by atoms with E-state index < -0.39 is 21.3 Å². The van der Waals surface area contributed by atoms with Gasteiger partial charge >= 0.3 is 0 Å². The molecular weight excluding hydrogens is 364 g/mol. The van der Waals surface area contributed by atoms with E-state index in [1.807, 2.05) is 0 Å². The molecule has 0 saturated heterocycles. The Hall–Kier alpha value is -2.12. The molecule has 1 aliphatic carbocycles. The first-order valence-electron chi connectivity index (χ1n) is 7.68. The van der Waals surface area contributed by atoms with Gasteiger partial charge in [0.25, 0.3) is 5.91 Å². The summed E-state index contributed by atoms with van der Waals surface area (Å²) >= 11 is 5.74. The Morgan fingerprint density at radius 3 is 2.36 bits per heavy atom. The molecule has 1 amide bonds. The molecular formula is C17H17ClN2O4S. The third-order valence-electron chi connectivity index (χ3n) is 4.19. The SMILES string of the molecule is CC(Oc1ccc(Cl)nc1)(C(N)=O)c1ccc(S(=O)(=O)C2CC2)cc1. The normalized spacial score (nSPS) is 16.9. The number of rotatable bonds is 6. The number of sulfone groups is 1. The predicted molar refractivity (Wildman–Crippen MR) is 93.1 cm³/mol. The maximum absolute atomic E-state index is 12.3. The fraction of sp³-hybridized carbons (Fsp3) is 0.294. The third kappa shape index (κ3) is 3.48. The standard InChI is InChI=1S/C17H17ClN2O4S/c1-17(16(19)21,24-12-4-9-15(18)20-10-12)11-2-5-13(6-3-11)25(22,23)14-7-8-14/h2-6,9-10,14H,7-8H2,1H3,(H2,19,21). The second-order valence-electron chi connectivity index (χ2n) is 6.08. The number of halogens is 1. The number of hydrogen-bond acceptors (Lipinski definition) is 5. The minimum absolute atomic E-state index is 0.235. The van der Waals surface area contributed by atoms with Crippen molar-refractivity contribution in [1.82, 2.24) is 4.98 Å². The Morgan fingerprint density at radius 1 is 1.24 bits per heavy atom. The zero-order valence-corrected chi connectivity index (χ0v) is 15.0. The highest BCUT2D eigenvalue weighted by Crippen LogP contribution is 2.35. The minimum Gasteiger partial charge on any atom is -0.471 e. The van der Waals surface area contributed by atoms with Crippen LogP contribution in [0.5, 0.6) is 5.75 Å². The van der Waals surface area contributed by atoms with Gasteiger partial charge < -0.3 is 10.5 Å². The number of primary amides is 1. The van der Waals surface area contributed by atoms with Gasteiger partial charge in [-0.3, -0.25) is 4.79 Å². The molecule has 1 saturated carbocycles. The number of amides is 1. The monoisotopic (exact) mass is 380 g/mol. The van der Waals surface area contributed by atoms with E-state index in [4.69, 9.17) is 22.1 Å². The molecule has 25 heavy (non-hydrogen) atoms. The first kappa shape index (κ1) is 17.7. The summed E-state index contributed by atoms with van der Waals surface area (Å²) in [5.74, 6) is -0.388. The number of nitrogens with two attached hydrogens (primary N) is 1. The van der Waals surface area contributed by atoms with Gasteiger partial charge in [-0.15, -0.1) is 0 Å². The Kier molecular flexibility index (Phi) is 4.47. The smallest absolute Gasteiger partial charge is 0.266 e. The van der Waals surface area contributed by atoms with Crippen LogP contribution in [0.15, 0.2) is 47.5 Å². The molecule has 8 heteroatoms. The summed E-state index contributed by atoms with van der Waals surface area (Å²) < 4.78 is 30.3. The Bertz CT molecular complexity index is 893. The van der Waals surface area contributed by atoms with Gasteiger partial charge in [-0.2, -0.15) is 0 Å². The van der Waals surface area contributed by atoms with Crippen LogP contribution in [-0.2, 0) is 20.2 Å². The van der Waals surface area contributed by atoms with Crippen molar-refractivity contribution in [3.63, 3.8) is 0 Å². The van der Waals surface area contributed by atoms with Gasteiger partial charge in [0, 0.05) is 5.56 Å². The summed E-state index contributed by atoms with van der Waals surface area (Å²) in [5.41, 5.74) is 4.51. The van der Waals surface area contributed by atoms with Crippen molar-refractivity contribution in [2.75, 3.05) is 0 Å². The molecule has 132 valence electrons. The van der Waals surface area contributed by atoms with Crippen molar-refractivity contribution in [1.29, 1.82) is 0 Å². The Balaban J connectivity index is 1.92. The van der Waals surface area contributed by atoms with Crippen molar-refractivity contribution in [3.8, 4) is 5.75 Å². The van der Waals surface area contributed by atoms with Crippen LogP contribution >= 0.6 is 11.6 Å². The summed E-state index contributed by atoms with van der Waals surface area (Å²) in [6, 6.07) is 9.15. The van der Waals surface area contributed by atoms with E-state index in [1.165, 1.54) is 31.3 Å². The Labute approximate surface area is 150 Å². The third-order valence-corrected chi connectivity index (χ3v) is 6.69. The van der Waals surface area contributed by atoms with Gasteiger partial charge in [-0.05, 0) is 44.0 Å². The first-order valence-corrected chi connectivity index (χ1v) is 9.61. The molecule has 1 fully saturated rings. The highest BCUT2D eigenvalue weighted by molar-refractivity contribution is 7.92. The van der Waals surface area contributed by atoms with Crippen LogP contribution in [0.4, 0.5) is 0 Å². The number of pyridine rings is 1. The van der Waals surface area contributed by atoms with Crippen LogP contribution in [0.25, 0.3) is 0 Å². The van der Waals surface area contributed by atoms with Crippen molar-refractivity contribution < 1.29 is 17.9 Å².